The van der Waals surface area contributed by atoms with Crippen molar-refractivity contribution in [1.29, 1.82) is 0 Å². The molecule has 2 heteroatoms. The van der Waals surface area contributed by atoms with Crippen LogP contribution in [-0.2, 0) is 4.79 Å². The Kier molecular flexibility index (Phi) is 5.23. The topological polar surface area (TPSA) is 20.3 Å². The van der Waals surface area contributed by atoms with E-state index in [9.17, 15) is 4.79 Å². The maximum Gasteiger partial charge on any atom is 0.139 e. The van der Waals surface area contributed by atoms with Crippen LogP contribution in [0.2, 0.25) is 0 Å². The van der Waals surface area contributed by atoms with Gasteiger partial charge in [0.2, 0.25) is 0 Å². The summed E-state index contributed by atoms with van der Waals surface area (Å²) in [5, 5.41) is 0. The van der Waals surface area contributed by atoms with Crippen LogP contribution in [0, 0.1) is 5.41 Å². The Bertz CT molecular complexity index is 158. The molecule has 0 fully saturated rings. The van der Waals surface area contributed by atoms with Gasteiger partial charge in [-0.05, 0) is 20.0 Å². The molecule has 78 valence electrons. The molecule has 0 radical (unpaired) electrons. The first kappa shape index (κ1) is 12.6. The standard InChI is InChI=1S/C11H23NO/c1-6-8-12(5)9-7-10(13)11(2,3)4/h6-9H2,1-5H3. The highest BCUT2D eigenvalue weighted by Gasteiger charge is 2.20. The van der Waals surface area contributed by atoms with E-state index in [2.05, 4.69) is 18.9 Å². The van der Waals surface area contributed by atoms with Crippen molar-refractivity contribution in [2.24, 2.45) is 5.41 Å². The normalized spacial score (nSPS) is 12.2. The third-order valence-corrected chi connectivity index (χ3v) is 2.16. The van der Waals surface area contributed by atoms with Crippen LogP contribution in [0.3, 0.4) is 0 Å². The van der Waals surface area contributed by atoms with Gasteiger partial charge in [-0.25, -0.2) is 0 Å². The van der Waals surface area contributed by atoms with E-state index in [0.29, 0.717) is 12.2 Å². The molecule has 13 heavy (non-hydrogen) atoms. The number of carbonyl (C=O) groups is 1. The molecule has 0 saturated heterocycles. The fourth-order valence-corrected chi connectivity index (χ4v) is 1.16. The van der Waals surface area contributed by atoms with Crippen molar-refractivity contribution in [2.45, 2.75) is 40.5 Å². The lowest BCUT2D eigenvalue weighted by molar-refractivity contribution is -0.126. The molecule has 0 aromatic carbocycles. The molecule has 0 heterocycles. The zero-order valence-corrected chi connectivity index (χ0v) is 9.68. The van der Waals surface area contributed by atoms with Crippen molar-refractivity contribution in [3.63, 3.8) is 0 Å². The lowest BCUT2D eigenvalue weighted by atomic mass is 9.89. The van der Waals surface area contributed by atoms with Crippen molar-refractivity contribution in [3.05, 3.63) is 0 Å². The van der Waals surface area contributed by atoms with Crippen LogP contribution in [0.1, 0.15) is 40.5 Å². The molecule has 0 aliphatic rings. The predicted octanol–water partition coefficient (Wildman–Crippen LogP) is 2.33. The van der Waals surface area contributed by atoms with Crippen LogP contribution in [-0.4, -0.2) is 30.8 Å². The van der Waals surface area contributed by atoms with Gasteiger partial charge in [0.15, 0.2) is 0 Å². The van der Waals surface area contributed by atoms with Gasteiger partial charge in [0.25, 0.3) is 0 Å². The minimum absolute atomic E-state index is 0.174. The maximum atomic E-state index is 11.5. The van der Waals surface area contributed by atoms with Crippen LogP contribution < -0.4 is 0 Å². The molecule has 0 N–H and O–H groups in total. The number of carbonyl (C=O) groups excluding carboxylic acids is 1. The molecule has 0 unspecified atom stereocenters. The zero-order valence-electron chi connectivity index (χ0n) is 9.68. The highest BCUT2D eigenvalue weighted by molar-refractivity contribution is 5.83. The predicted molar refractivity (Wildman–Crippen MR) is 56.9 cm³/mol. The molecule has 0 rings (SSSR count). The third kappa shape index (κ3) is 5.81. The average molecular weight is 185 g/mol. The fourth-order valence-electron chi connectivity index (χ4n) is 1.16. The zero-order chi connectivity index (χ0) is 10.5. The van der Waals surface area contributed by atoms with E-state index >= 15 is 0 Å². The van der Waals surface area contributed by atoms with Gasteiger partial charge in [0.1, 0.15) is 5.78 Å². The number of ketones is 1. The van der Waals surface area contributed by atoms with Crippen LogP contribution in [0.5, 0.6) is 0 Å². The molecule has 0 atom stereocenters. The van der Waals surface area contributed by atoms with Crippen LogP contribution in [0.4, 0.5) is 0 Å². The highest BCUT2D eigenvalue weighted by Crippen LogP contribution is 2.16. The van der Waals surface area contributed by atoms with Crippen molar-refractivity contribution < 1.29 is 4.79 Å². The Morgan fingerprint density at radius 1 is 1.23 bits per heavy atom. The molecule has 0 saturated carbocycles. The SMILES string of the molecule is CCCN(C)CCC(=O)C(C)(C)C. The number of Topliss-reactive ketones (excluding diaryl/α,β-unsaturated/α-hetero) is 1. The van der Waals surface area contributed by atoms with E-state index in [0.717, 1.165) is 19.5 Å². The van der Waals surface area contributed by atoms with E-state index in [1.807, 2.05) is 20.8 Å². The largest absolute Gasteiger partial charge is 0.306 e. The summed E-state index contributed by atoms with van der Waals surface area (Å²) < 4.78 is 0. The van der Waals surface area contributed by atoms with E-state index in [-0.39, 0.29) is 5.41 Å². The first-order valence-corrected chi connectivity index (χ1v) is 5.09. The molecule has 2 nitrogen and oxygen atoms in total. The molecule has 0 spiro atoms. The molecular weight excluding hydrogens is 162 g/mol. The van der Waals surface area contributed by atoms with Crippen molar-refractivity contribution in [1.82, 2.24) is 4.90 Å². The third-order valence-electron chi connectivity index (χ3n) is 2.16. The number of hydrogen-bond donors (Lipinski definition) is 0. The second-order valence-corrected chi connectivity index (χ2v) is 4.73. The molecule has 0 aliphatic carbocycles. The van der Waals surface area contributed by atoms with E-state index in [1.165, 1.54) is 0 Å². The molecule has 0 bridgehead atoms. The molecular formula is C11H23NO. The van der Waals surface area contributed by atoms with E-state index < -0.39 is 0 Å². The Morgan fingerprint density at radius 2 is 1.77 bits per heavy atom. The Labute approximate surface area is 82.3 Å². The Balaban J connectivity index is 3.71. The maximum absolute atomic E-state index is 11.5. The quantitative estimate of drug-likeness (QED) is 0.655. The first-order chi connectivity index (χ1) is 5.88. The summed E-state index contributed by atoms with van der Waals surface area (Å²) in [6.45, 7) is 10.1. The molecule has 0 aromatic heterocycles. The lowest BCUT2D eigenvalue weighted by Gasteiger charge is -2.20. The van der Waals surface area contributed by atoms with Gasteiger partial charge < -0.3 is 4.90 Å². The van der Waals surface area contributed by atoms with E-state index in [1.54, 1.807) is 0 Å². The summed E-state index contributed by atoms with van der Waals surface area (Å²) in [5.41, 5.74) is -0.174. The minimum atomic E-state index is -0.174. The molecule has 0 aromatic rings. The fraction of sp³-hybridized carbons (Fsp3) is 0.909. The van der Waals surface area contributed by atoms with Gasteiger partial charge in [-0.2, -0.15) is 0 Å². The van der Waals surface area contributed by atoms with Gasteiger partial charge in [-0.3, -0.25) is 4.79 Å². The second-order valence-electron chi connectivity index (χ2n) is 4.73. The van der Waals surface area contributed by atoms with Crippen LogP contribution >= 0.6 is 0 Å². The van der Waals surface area contributed by atoms with Crippen molar-refractivity contribution in [3.8, 4) is 0 Å². The van der Waals surface area contributed by atoms with Gasteiger partial charge in [-0.15, -0.1) is 0 Å². The van der Waals surface area contributed by atoms with Crippen LogP contribution in [0.15, 0.2) is 0 Å². The summed E-state index contributed by atoms with van der Waals surface area (Å²) in [4.78, 5) is 13.8. The van der Waals surface area contributed by atoms with E-state index in [4.69, 9.17) is 0 Å². The smallest absolute Gasteiger partial charge is 0.139 e. The summed E-state index contributed by atoms with van der Waals surface area (Å²) >= 11 is 0. The Morgan fingerprint density at radius 3 is 2.15 bits per heavy atom. The van der Waals surface area contributed by atoms with Gasteiger partial charge in [0, 0.05) is 18.4 Å². The van der Waals surface area contributed by atoms with Crippen molar-refractivity contribution >= 4 is 5.78 Å². The molecule has 0 amide bonds. The number of nitrogens with zero attached hydrogens (tertiary/aromatic N) is 1. The first-order valence-electron chi connectivity index (χ1n) is 5.09. The van der Waals surface area contributed by atoms with Crippen molar-refractivity contribution in [2.75, 3.05) is 20.1 Å². The summed E-state index contributed by atoms with van der Waals surface area (Å²) in [5.74, 6) is 0.357. The van der Waals surface area contributed by atoms with Gasteiger partial charge >= 0.3 is 0 Å². The summed E-state index contributed by atoms with van der Waals surface area (Å²) in [6, 6.07) is 0. The second kappa shape index (κ2) is 5.38. The minimum Gasteiger partial charge on any atom is -0.306 e. The van der Waals surface area contributed by atoms with Gasteiger partial charge in [-0.1, -0.05) is 27.7 Å². The monoisotopic (exact) mass is 185 g/mol. The Hall–Kier alpha value is -0.370. The molecule has 0 aliphatic heterocycles. The lowest BCUT2D eigenvalue weighted by Crippen LogP contribution is -2.27. The number of hydrogen-bond acceptors (Lipinski definition) is 2. The average Bonchev–Trinajstić information content (AvgIpc) is 1.99. The van der Waals surface area contributed by atoms with Crippen LogP contribution in [0.25, 0.3) is 0 Å². The highest BCUT2D eigenvalue weighted by atomic mass is 16.1. The van der Waals surface area contributed by atoms with Gasteiger partial charge in [0.05, 0.1) is 0 Å². The number of rotatable bonds is 5. The summed E-state index contributed by atoms with van der Waals surface area (Å²) in [7, 11) is 2.07. The summed E-state index contributed by atoms with van der Waals surface area (Å²) in [6.07, 6.45) is 1.83.